The van der Waals surface area contributed by atoms with Crippen molar-refractivity contribution < 1.29 is 4.74 Å². The Balaban J connectivity index is 1.39. The topological polar surface area (TPSA) is 64.5 Å². The molecule has 28 heavy (non-hydrogen) atoms. The first-order valence-corrected chi connectivity index (χ1v) is 12.0. The summed E-state index contributed by atoms with van der Waals surface area (Å²) in [6.45, 7) is 4.55. The van der Waals surface area contributed by atoms with Gasteiger partial charge < -0.3 is 15.5 Å². The van der Waals surface area contributed by atoms with Crippen LogP contribution in [0.3, 0.4) is 0 Å². The SMILES string of the molecule is COCC1CCC2C(CCC3C2CCC2(C)C(CCN(N)/C=C\N)CCC32)C1. The van der Waals surface area contributed by atoms with E-state index in [1.165, 1.54) is 64.2 Å². The van der Waals surface area contributed by atoms with Gasteiger partial charge in [-0.15, -0.1) is 0 Å². The van der Waals surface area contributed by atoms with Crippen molar-refractivity contribution >= 4 is 0 Å². The molecule has 4 saturated carbocycles. The molecular weight excluding hydrogens is 346 g/mol. The smallest absolute Gasteiger partial charge is 0.0490 e. The molecule has 8 unspecified atom stereocenters. The zero-order valence-corrected chi connectivity index (χ0v) is 18.2. The van der Waals surface area contributed by atoms with Crippen molar-refractivity contribution in [1.82, 2.24) is 5.01 Å². The molecule has 4 fully saturated rings. The molecule has 0 bridgehead atoms. The van der Waals surface area contributed by atoms with Crippen molar-refractivity contribution in [3.8, 4) is 0 Å². The fourth-order valence-electron chi connectivity index (χ4n) is 8.41. The minimum absolute atomic E-state index is 0.550. The van der Waals surface area contributed by atoms with Crippen LogP contribution in [0.25, 0.3) is 0 Å². The molecule has 0 saturated heterocycles. The fourth-order valence-corrected chi connectivity index (χ4v) is 8.41. The number of methoxy groups -OCH3 is 1. The van der Waals surface area contributed by atoms with E-state index in [2.05, 4.69) is 6.92 Å². The van der Waals surface area contributed by atoms with Crippen LogP contribution in [0.2, 0.25) is 0 Å². The summed E-state index contributed by atoms with van der Waals surface area (Å²) in [6.07, 6.45) is 17.7. The van der Waals surface area contributed by atoms with Gasteiger partial charge in [-0.2, -0.15) is 0 Å². The van der Waals surface area contributed by atoms with E-state index < -0.39 is 0 Å². The maximum atomic E-state index is 6.04. The van der Waals surface area contributed by atoms with Gasteiger partial charge >= 0.3 is 0 Å². The predicted molar refractivity (Wildman–Crippen MR) is 115 cm³/mol. The fraction of sp³-hybridized carbons (Fsp3) is 0.917. The Morgan fingerprint density at radius 3 is 2.64 bits per heavy atom. The molecule has 0 aromatic rings. The second-order valence-corrected chi connectivity index (χ2v) is 10.8. The second kappa shape index (κ2) is 8.55. The highest BCUT2D eigenvalue weighted by atomic mass is 16.5. The molecule has 4 heteroatoms. The van der Waals surface area contributed by atoms with Gasteiger partial charge in [-0.25, -0.2) is 5.84 Å². The highest BCUT2D eigenvalue weighted by molar-refractivity contribution is 5.06. The third-order valence-corrected chi connectivity index (χ3v) is 9.68. The summed E-state index contributed by atoms with van der Waals surface area (Å²) in [6, 6.07) is 0. The van der Waals surface area contributed by atoms with E-state index in [-0.39, 0.29) is 0 Å². The number of ether oxygens (including phenoxy) is 1. The van der Waals surface area contributed by atoms with Crippen molar-refractivity contribution in [3.05, 3.63) is 12.4 Å². The van der Waals surface area contributed by atoms with Gasteiger partial charge in [0, 0.05) is 32.7 Å². The van der Waals surface area contributed by atoms with Gasteiger partial charge in [0.05, 0.1) is 0 Å². The molecule has 4 rings (SSSR count). The molecule has 0 amide bonds. The normalized spacial score (nSPS) is 45.5. The van der Waals surface area contributed by atoms with E-state index in [1.54, 1.807) is 17.4 Å². The maximum Gasteiger partial charge on any atom is 0.0490 e. The molecule has 0 aromatic carbocycles. The Labute approximate surface area is 172 Å². The predicted octanol–water partition coefficient (Wildman–Crippen LogP) is 4.51. The number of rotatable bonds is 6. The molecule has 4 N–H and O–H groups in total. The van der Waals surface area contributed by atoms with Gasteiger partial charge in [-0.05, 0) is 111 Å². The third-order valence-electron chi connectivity index (χ3n) is 9.68. The minimum atomic E-state index is 0.550. The van der Waals surface area contributed by atoms with Crippen molar-refractivity contribution in [3.63, 3.8) is 0 Å². The van der Waals surface area contributed by atoms with E-state index in [0.29, 0.717) is 5.41 Å². The number of fused-ring (bicyclic) bond motifs is 5. The molecule has 0 spiro atoms. The van der Waals surface area contributed by atoms with Crippen LogP contribution in [0.15, 0.2) is 12.4 Å². The van der Waals surface area contributed by atoms with Gasteiger partial charge in [0.25, 0.3) is 0 Å². The highest BCUT2D eigenvalue weighted by Gasteiger charge is 2.56. The van der Waals surface area contributed by atoms with Crippen molar-refractivity contribution in [2.45, 2.75) is 71.1 Å². The summed E-state index contributed by atoms with van der Waals surface area (Å²) in [7, 11) is 1.87. The molecule has 4 aliphatic carbocycles. The molecule has 0 aromatic heterocycles. The first kappa shape index (κ1) is 20.5. The van der Waals surface area contributed by atoms with Crippen LogP contribution in [0.1, 0.15) is 71.1 Å². The highest BCUT2D eigenvalue weighted by Crippen LogP contribution is 2.64. The van der Waals surface area contributed by atoms with E-state index in [4.69, 9.17) is 16.3 Å². The standard InChI is InChI=1S/C24H43N3O/c1-24-11-9-21-20-6-3-17(16-28-2)15-18(20)4-7-22(21)23(24)8-5-19(24)10-13-27(26)14-12-25/h12,14,17-23H,3-11,13,15-16,25-26H2,1-2H3/b14-12-. The van der Waals surface area contributed by atoms with Crippen LogP contribution in [-0.4, -0.2) is 25.3 Å². The summed E-state index contributed by atoms with van der Waals surface area (Å²) >= 11 is 0. The van der Waals surface area contributed by atoms with E-state index in [9.17, 15) is 0 Å². The van der Waals surface area contributed by atoms with Gasteiger partial charge in [0.2, 0.25) is 0 Å². The van der Waals surface area contributed by atoms with Crippen LogP contribution >= 0.6 is 0 Å². The summed E-state index contributed by atoms with van der Waals surface area (Å²) in [5, 5.41) is 1.77. The van der Waals surface area contributed by atoms with Gasteiger partial charge in [0.15, 0.2) is 0 Å². The molecule has 0 radical (unpaired) electrons. The van der Waals surface area contributed by atoms with Crippen molar-refractivity contribution in [1.29, 1.82) is 0 Å². The Kier molecular flexibility index (Phi) is 6.27. The molecule has 4 nitrogen and oxygen atoms in total. The first-order valence-electron chi connectivity index (χ1n) is 12.0. The van der Waals surface area contributed by atoms with Gasteiger partial charge in [0.1, 0.15) is 0 Å². The number of hydrogen-bond donors (Lipinski definition) is 2. The second-order valence-electron chi connectivity index (χ2n) is 10.8. The largest absolute Gasteiger partial charge is 0.403 e. The van der Waals surface area contributed by atoms with Gasteiger partial charge in [-0.1, -0.05) is 6.92 Å². The molecule has 4 aliphatic rings. The lowest BCUT2D eigenvalue weighted by Gasteiger charge is -2.56. The first-order chi connectivity index (χ1) is 13.6. The monoisotopic (exact) mass is 389 g/mol. The molecule has 0 heterocycles. The van der Waals surface area contributed by atoms with Crippen molar-refractivity contribution in [2.75, 3.05) is 20.3 Å². The van der Waals surface area contributed by atoms with Crippen LogP contribution in [0.4, 0.5) is 0 Å². The summed E-state index contributed by atoms with van der Waals surface area (Å²) in [5.74, 6) is 12.7. The average molecular weight is 390 g/mol. The average Bonchev–Trinajstić information content (AvgIpc) is 3.03. The van der Waals surface area contributed by atoms with Gasteiger partial charge in [-0.3, -0.25) is 0 Å². The quantitative estimate of drug-likeness (QED) is 0.518. The summed E-state index contributed by atoms with van der Waals surface area (Å²) in [5.41, 5.74) is 6.04. The Morgan fingerprint density at radius 1 is 1.04 bits per heavy atom. The van der Waals surface area contributed by atoms with Crippen molar-refractivity contribution in [2.24, 2.45) is 58.4 Å². The lowest BCUT2D eigenvalue weighted by atomic mass is 9.49. The summed E-state index contributed by atoms with van der Waals surface area (Å²) < 4.78 is 5.48. The third kappa shape index (κ3) is 3.71. The molecule has 0 aliphatic heterocycles. The number of hydrazine groups is 1. The minimum Gasteiger partial charge on any atom is -0.403 e. The lowest BCUT2D eigenvalue weighted by molar-refractivity contribution is -0.0727. The van der Waals surface area contributed by atoms with Crippen LogP contribution in [0, 0.1) is 46.8 Å². The Morgan fingerprint density at radius 2 is 1.86 bits per heavy atom. The van der Waals surface area contributed by atoms with E-state index >= 15 is 0 Å². The Hall–Kier alpha value is -0.740. The van der Waals surface area contributed by atoms with E-state index in [1.807, 2.05) is 7.11 Å². The maximum absolute atomic E-state index is 6.04. The molecule has 160 valence electrons. The van der Waals surface area contributed by atoms with Crippen LogP contribution in [-0.2, 0) is 4.74 Å². The number of nitrogens with two attached hydrogens (primary N) is 2. The van der Waals surface area contributed by atoms with Crippen LogP contribution < -0.4 is 11.6 Å². The summed E-state index contributed by atoms with van der Waals surface area (Å²) in [4.78, 5) is 0. The molecule has 8 atom stereocenters. The Bertz CT molecular complexity index is 552. The molecular formula is C24H43N3O. The lowest BCUT2D eigenvalue weighted by Crippen LogP contribution is -2.49. The number of hydrogen-bond acceptors (Lipinski definition) is 4. The van der Waals surface area contributed by atoms with E-state index in [0.717, 1.165) is 54.6 Å². The number of nitrogens with zero attached hydrogens (tertiary/aromatic N) is 1. The zero-order chi connectivity index (χ0) is 19.7. The zero-order valence-electron chi connectivity index (χ0n) is 18.2. The van der Waals surface area contributed by atoms with Crippen LogP contribution in [0.5, 0.6) is 0 Å².